The highest BCUT2D eigenvalue weighted by atomic mass is 16.5. The number of methoxy groups -OCH3 is 1. The summed E-state index contributed by atoms with van der Waals surface area (Å²) in [5.74, 6) is 8.44. The SMILES string of the molecule is C=C/C(=C\NC)Nc1nc(/C=C(/C#CCCN2CCCC2)C(=C)OC)c(C)c(NC2CCN(C(C)C)CC2)n1. The van der Waals surface area contributed by atoms with Gasteiger partial charge in [-0.25, -0.2) is 4.98 Å². The fourth-order valence-corrected chi connectivity index (χ4v) is 4.87. The number of rotatable bonds is 12. The van der Waals surface area contributed by atoms with E-state index in [1.54, 1.807) is 13.2 Å². The number of nitrogens with zero attached hydrogens (tertiary/aromatic N) is 4. The van der Waals surface area contributed by atoms with Crippen molar-refractivity contribution in [1.29, 1.82) is 0 Å². The number of aromatic nitrogens is 2. The van der Waals surface area contributed by atoms with E-state index in [0.717, 1.165) is 67.2 Å². The summed E-state index contributed by atoms with van der Waals surface area (Å²) in [7, 11) is 3.47. The molecule has 3 heterocycles. The van der Waals surface area contributed by atoms with Crippen molar-refractivity contribution in [2.24, 2.45) is 0 Å². The molecule has 0 aromatic carbocycles. The number of piperidine rings is 1. The van der Waals surface area contributed by atoms with Gasteiger partial charge in [-0.3, -0.25) is 0 Å². The van der Waals surface area contributed by atoms with Crippen molar-refractivity contribution in [1.82, 2.24) is 25.1 Å². The molecule has 0 unspecified atom stereocenters. The van der Waals surface area contributed by atoms with Gasteiger partial charge in [-0.1, -0.05) is 25.0 Å². The van der Waals surface area contributed by atoms with Crippen molar-refractivity contribution in [2.45, 2.75) is 65.0 Å². The van der Waals surface area contributed by atoms with Gasteiger partial charge >= 0.3 is 0 Å². The van der Waals surface area contributed by atoms with E-state index < -0.39 is 0 Å². The Morgan fingerprint density at radius 3 is 2.51 bits per heavy atom. The Kier molecular flexibility index (Phi) is 11.9. The molecular formula is C31H47N7O. The van der Waals surface area contributed by atoms with Crippen LogP contribution in [0.2, 0.25) is 0 Å². The fourth-order valence-electron chi connectivity index (χ4n) is 4.87. The molecule has 0 radical (unpaired) electrons. The number of nitrogens with one attached hydrogen (secondary N) is 3. The molecule has 0 aliphatic carbocycles. The number of hydrogen-bond acceptors (Lipinski definition) is 8. The summed E-state index contributed by atoms with van der Waals surface area (Å²) in [5, 5.41) is 10.0. The molecular weight excluding hydrogens is 486 g/mol. The Hall–Kier alpha value is -3.28. The zero-order chi connectivity index (χ0) is 28.2. The molecule has 0 bridgehead atoms. The van der Waals surface area contributed by atoms with E-state index in [-0.39, 0.29) is 0 Å². The molecule has 2 fully saturated rings. The monoisotopic (exact) mass is 533 g/mol. The summed E-state index contributed by atoms with van der Waals surface area (Å²) in [4.78, 5) is 14.7. The Morgan fingerprint density at radius 2 is 1.90 bits per heavy atom. The highest BCUT2D eigenvalue weighted by Gasteiger charge is 2.22. The van der Waals surface area contributed by atoms with Gasteiger partial charge in [-0.05, 0) is 71.7 Å². The van der Waals surface area contributed by atoms with Crippen molar-refractivity contribution >= 4 is 17.8 Å². The largest absolute Gasteiger partial charge is 0.496 e. The molecule has 212 valence electrons. The summed E-state index contributed by atoms with van der Waals surface area (Å²) in [6.07, 6.45) is 11.0. The van der Waals surface area contributed by atoms with Gasteiger partial charge in [0.2, 0.25) is 5.95 Å². The molecule has 0 amide bonds. The maximum atomic E-state index is 5.49. The van der Waals surface area contributed by atoms with E-state index >= 15 is 0 Å². The summed E-state index contributed by atoms with van der Waals surface area (Å²) in [6.45, 7) is 20.0. The van der Waals surface area contributed by atoms with Gasteiger partial charge in [-0.15, -0.1) is 0 Å². The summed E-state index contributed by atoms with van der Waals surface area (Å²) < 4.78 is 5.49. The number of hydrogen-bond donors (Lipinski definition) is 3. The van der Waals surface area contributed by atoms with Gasteiger partial charge in [0.15, 0.2) is 0 Å². The molecule has 0 atom stereocenters. The van der Waals surface area contributed by atoms with Crippen LogP contribution in [-0.4, -0.2) is 78.7 Å². The van der Waals surface area contributed by atoms with E-state index in [1.165, 1.54) is 25.9 Å². The van der Waals surface area contributed by atoms with Gasteiger partial charge in [0.25, 0.3) is 0 Å². The van der Waals surface area contributed by atoms with Gasteiger partial charge in [-0.2, -0.15) is 4.98 Å². The van der Waals surface area contributed by atoms with Gasteiger partial charge < -0.3 is 30.5 Å². The molecule has 8 nitrogen and oxygen atoms in total. The molecule has 2 saturated heterocycles. The zero-order valence-corrected chi connectivity index (χ0v) is 24.6. The predicted molar refractivity (Wildman–Crippen MR) is 163 cm³/mol. The number of likely N-dealkylation sites (tertiary alicyclic amines) is 2. The Labute approximate surface area is 235 Å². The number of anilines is 2. The Balaban J connectivity index is 1.90. The molecule has 1 aromatic rings. The predicted octanol–water partition coefficient (Wildman–Crippen LogP) is 4.76. The second kappa shape index (κ2) is 15.3. The highest BCUT2D eigenvalue weighted by molar-refractivity contribution is 5.68. The van der Waals surface area contributed by atoms with Crippen molar-refractivity contribution < 1.29 is 4.74 Å². The third kappa shape index (κ3) is 9.15. The van der Waals surface area contributed by atoms with Crippen molar-refractivity contribution in [3.8, 4) is 11.8 Å². The first kappa shape index (κ1) is 30.3. The molecule has 0 spiro atoms. The lowest BCUT2D eigenvalue weighted by Gasteiger charge is -2.35. The van der Waals surface area contributed by atoms with Gasteiger partial charge in [0, 0.05) is 56.9 Å². The van der Waals surface area contributed by atoms with Crippen LogP contribution in [0.3, 0.4) is 0 Å². The first-order valence-corrected chi connectivity index (χ1v) is 14.2. The number of allylic oxidation sites excluding steroid dienone is 2. The molecule has 3 N–H and O–H groups in total. The normalized spacial score (nSPS) is 17.5. The third-order valence-corrected chi connectivity index (χ3v) is 7.36. The average Bonchev–Trinajstić information content (AvgIpc) is 3.46. The number of ether oxygens (including phenoxy) is 1. The minimum Gasteiger partial charge on any atom is -0.496 e. The van der Waals surface area contributed by atoms with E-state index in [9.17, 15) is 0 Å². The third-order valence-electron chi connectivity index (χ3n) is 7.36. The lowest BCUT2D eigenvalue weighted by molar-refractivity contribution is 0.177. The van der Waals surface area contributed by atoms with Crippen molar-refractivity contribution in [2.75, 3.05) is 57.5 Å². The van der Waals surface area contributed by atoms with Crippen LogP contribution in [0.5, 0.6) is 0 Å². The van der Waals surface area contributed by atoms with Gasteiger partial charge in [0.05, 0.1) is 24.1 Å². The topological polar surface area (TPSA) is 77.6 Å². The fraction of sp³-hybridized carbons (Fsp3) is 0.548. The first-order chi connectivity index (χ1) is 18.8. The Bertz CT molecular complexity index is 1100. The molecule has 39 heavy (non-hydrogen) atoms. The summed E-state index contributed by atoms with van der Waals surface area (Å²) in [5.41, 5.74) is 3.22. The maximum absolute atomic E-state index is 5.49. The van der Waals surface area contributed by atoms with Crippen LogP contribution >= 0.6 is 0 Å². The van der Waals surface area contributed by atoms with Crippen molar-refractivity contribution in [3.63, 3.8) is 0 Å². The molecule has 3 rings (SSSR count). The maximum Gasteiger partial charge on any atom is 0.229 e. The zero-order valence-electron chi connectivity index (χ0n) is 24.6. The first-order valence-electron chi connectivity index (χ1n) is 14.2. The molecule has 2 aliphatic rings. The van der Waals surface area contributed by atoms with Crippen LogP contribution in [0, 0.1) is 18.8 Å². The van der Waals surface area contributed by atoms with Crippen LogP contribution in [0.15, 0.2) is 42.5 Å². The summed E-state index contributed by atoms with van der Waals surface area (Å²) >= 11 is 0. The molecule has 8 heteroatoms. The second-order valence-electron chi connectivity index (χ2n) is 10.5. The molecule has 0 saturated carbocycles. The van der Waals surface area contributed by atoms with Crippen LogP contribution in [-0.2, 0) is 4.74 Å². The van der Waals surface area contributed by atoms with Crippen LogP contribution in [0.4, 0.5) is 11.8 Å². The standard InChI is InChI=1S/C31H47N7O/c1-8-27(22-32-6)34-31-35-29(21-26(25(5)39-7)13-9-10-16-37-17-11-12-18-37)24(4)30(36-31)33-28-14-19-38(20-15-28)23(2)3/h8,21-23,28,32H,1,5,10-12,14-20H2,2-4,6-7H3,(H2,33,34,35,36)/b26-21-,27-22+. The van der Waals surface area contributed by atoms with E-state index in [4.69, 9.17) is 14.7 Å². The second-order valence-corrected chi connectivity index (χ2v) is 10.5. The lowest BCUT2D eigenvalue weighted by Crippen LogP contribution is -2.42. The van der Waals surface area contributed by atoms with Gasteiger partial charge in [0.1, 0.15) is 11.6 Å². The van der Waals surface area contributed by atoms with E-state index in [0.29, 0.717) is 23.8 Å². The smallest absolute Gasteiger partial charge is 0.229 e. The Morgan fingerprint density at radius 1 is 1.18 bits per heavy atom. The van der Waals surface area contributed by atoms with Crippen LogP contribution < -0.4 is 16.0 Å². The highest BCUT2D eigenvalue weighted by Crippen LogP contribution is 2.25. The summed E-state index contributed by atoms with van der Waals surface area (Å²) in [6, 6.07) is 0.920. The van der Waals surface area contributed by atoms with E-state index in [2.05, 4.69) is 64.6 Å². The molecule has 2 aliphatic heterocycles. The van der Waals surface area contributed by atoms with E-state index in [1.807, 2.05) is 26.2 Å². The molecule has 1 aromatic heterocycles. The average molecular weight is 534 g/mol. The quantitative estimate of drug-likeness (QED) is 0.202. The lowest BCUT2D eigenvalue weighted by atomic mass is 10.0. The van der Waals surface area contributed by atoms with Crippen LogP contribution in [0.1, 0.15) is 57.2 Å². The minimum atomic E-state index is 0.351. The van der Waals surface area contributed by atoms with Crippen molar-refractivity contribution in [3.05, 3.63) is 53.7 Å². The minimum absolute atomic E-state index is 0.351. The van der Waals surface area contributed by atoms with Crippen LogP contribution in [0.25, 0.3) is 6.08 Å².